The Morgan fingerprint density at radius 3 is 2.68 bits per heavy atom. The van der Waals surface area contributed by atoms with Crippen LogP contribution in [0.4, 0.5) is 5.82 Å². The lowest BCUT2D eigenvalue weighted by Crippen LogP contribution is -1.98. The van der Waals surface area contributed by atoms with Crippen molar-refractivity contribution >= 4 is 28.2 Å². The normalized spacial score (nSPS) is 10.8. The van der Waals surface area contributed by atoms with Crippen LogP contribution in [0, 0.1) is 0 Å². The summed E-state index contributed by atoms with van der Waals surface area (Å²) in [5.41, 5.74) is 8.06. The van der Waals surface area contributed by atoms with E-state index in [1.165, 1.54) is 0 Å². The van der Waals surface area contributed by atoms with Crippen LogP contribution in [0.1, 0.15) is 11.3 Å². The first-order chi connectivity index (χ1) is 9.22. The minimum atomic E-state index is 0.523. The number of rotatable bonds is 2. The number of hydrogen-bond acceptors (Lipinski definition) is 3. The Hall–Kier alpha value is -2.13. The molecule has 3 rings (SSSR count). The number of nitrogens with zero attached hydrogens (tertiary/aromatic N) is 2. The molecular formula is C15H12ClN3. The van der Waals surface area contributed by atoms with Gasteiger partial charge in [0.15, 0.2) is 0 Å². The second-order valence-corrected chi connectivity index (χ2v) is 4.84. The van der Waals surface area contributed by atoms with Crippen LogP contribution < -0.4 is 5.73 Å². The highest BCUT2D eigenvalue weighted by Gasteiger charge is 2.04. The van der Waals surface area contributed by atoms with Gasteiger partial charge in [0.05, 0.1) is 0 Å². The molecule has 2 aromatic heterocycles. The number of aromatic nitrogens is 2. The van der Waals surface area contributed by atoms with E-state index >= 15 is 0 Å². The molecule has 0 saturated heterocycles. The Morgan fingerprint density at radius 1 is 1.11 bits per heavy atom. The summed E-state index contributed by atoms with van der Waals surface area (Å²) in [4.78, 5) is 8.49. The Bertz CT molecular complexity index is 723. The first-order valence-electron chi connectivity index (χ1n) is 5.96. The molecular weight excluding hydrogens is 258 g/mol. The predicted octanol–water partition coefficient (Wildman–Crippen LogP) is 3.46. The number of halogens is 1. The number of nitrogen functional groups attached to an aromatic ring is 1. The van der Waals surface area contributed by atoms with Crippen molar-refractivity contribution in [2.45, 2.75) is 6.42 Å². The summed E-state index contributed by atoms with van der Waals surface area (Å²) in [6.45, 7) is 0. The zero-order chi connectivity index (χ0) is 13.2. The lowest BCUT2D eigenvalue weighted by Gasteiger charge is -2.06. The van der Waals surface area contributed by atoms with Crippen molar-refractivity contribution in [2.75, 3.05) is 5.73 Å². The summed E-state index contributed by atoms with van der Waals surface area (Å²) >= 11 is 5.88. The molecule has 3 aromatic rings. The van der Waals surface area contributed by atoms with E-state index in [0.29, 0.717) is 5.82 Å². The molecule has 1 aromatic carbocycles. The summed E-state index contributed by atoms with van der Waals surface area (Å²) < 4.78 is 0. The monoisotopic (exact) mass is 269 g/mol. The predicted molar refractivity (Wildman–Crippen MR) is 78.2 cm³/mol. The second-order valence-electron chi connectivity index (χ2n) is 4.40. The van der Waals surface area contributed by atoms with Gasteiger partial charge in [-0.05, 0) is 35.2 Å². The van der Waals surface area contributed by atoms with Crippen LogP contribution in [0.15, 0.2) is 48.8 Å². The lowest BCUT2D eigenvalue weighted by molar-refractivity contribution is 1.09. The molecule has 0 aliphatic heterocycles. The van der Waals surface area contributed by atoms with E-state index in [-0.39, 0.29) is 0 Å². The van der Waals surface area contributed by atoms with Crippen LogP contribution in [0.5, 0.6) is 0 Å². The molecule has 0 atom stereocenters. The van der Waals surface area contributed by atoms with E-state index in [2.05, 4.69) is 9.97 Å². The maximum atomic E-state index is 5.96. The number of anilines is 1. The van der Waals surface area contributed by atoms with Crippen LogP contribution in [-0.4, -0.2) is 9.97 Å². The van der Waals surface area contributed by atoms with Crippen LogP contribution in [0.3, 0.4) is 0 Å². The molecule has 0 radical (unpaired) electrons. The quantitative estimate of drug-likeness (QED) is 0.775. The van der Waals surface area contributed by atoms with Crippen LogP contribution in [0.2, 0.25) is 5.02 Å². The van der Waals surface area contributed by atoms with Crippen LogP contribution in [-0.2, 0) is 6.42 Å². The summed E-state index contributed by atoms with van der Waals surface area (Å²) in [6.07, 6.45) is 4.23. The molecule has 0 aliphatic rings. The minimum absolute atomic E-state index is 0.523. The average molecular weight is 270 g/mol. The largest absolute Gasteiger partial charge is 0.383 e. The van der Waals surface area contributed by atoms with Crippen molar-refractivity contribution < 1.29 is 0 Å². The van der Waals surface area contributed by atoms with Gasteiger partial charge in [0.2, 0.25) is 0 Å². The van der Waals surface area contributed by atoms with Crippen LogP contribution >= 0.6 is 11.6 Å². The van der Waals surface area contributed by atoms with Gasteiger partial charge in [0, 0.05) is 34.9 Å². The fourth-order valence-electron chi connectivity index (χ4n) is 2.07. The Morgan fingerprint density at radius 2 is 1.89 bits per heavy atom. The van der Waals surface area contributed by atoms with Gasteiger partial charge >= 0.3 is 0 Å². The first-order valence-corrected chi connectivity index (χ1v) is 6.34. The highest BCUT2D eigenvalue weighted by atomic mass is 35.5. The molecule has 0 aliphatic carbocycles. The van der Waals surface area contributed by atoms with Crippen LogP contribution in [0.25, 0.3) is 10.8 Å². The lowest BCUT2D eigenvalue weighted by atomic mass is 10.1. The average Bonchev–Trinajstić information content (AvgIpc) is 2.42. The van der Waals surface area contributed by atoms with E-state index in [9.17, 15) is 0 Å². The van der Waals surface area contributed by atoms with Crippen molar-refractivity contribution in [1.29, 1.82) is 0 Å². The number of hydrogen-bond donors (Lipinski definition) is 1. The third-order valence-corrected chi connectivity index (χ3v) is 3.27. The van der Waals surface area contributed by atoms with Gasteiger partial charge in [0.25, 0.3) is 0 Å². The van der Waals surface area contributed by atoms with E-state index < -0.39 is 0 Å². The molecule has 0 amide bonds. The van der Waals surface area contributed by atoms with Gasteiger partial charge in [-0.2, -0.15) is 0 Å². The summed E-state index contributed by atoms with van der Waals surface area (Å²) in [7, 11) is 0. The molecule has 0 fully saturated rings. The zero-order valence-electron chi connectivity index (χ0n) is 10.2. The molecule has 0 unspecified atom stereocenters. The number of pyridine rings is 2. The molecule has 3 nitrogen and oxygen atoms in total. The number of fused-ring (bicyclic) bond motifs is 1. The van der Waals surface area contributed by atoms with E-state index in [1.54, 1.807) is 12.4 Å². The van der Waals surface area contributed by atoms with Crippen molar-refractivity contribution in [3.8, 4) is 0 Å². The Labute approximate surface area is 116 Å². The minimum Gasteiger partial charge on any atom is -0.383 e. The SMILES string of the molecule is Nc1nc(Cc2ccc(Cl)cc2)cc2ccncc12. The van der Waals surface area contributed by atoms with Gasteiger partial charge in [-0.15, -0.1) is 0 Å². The molecule has 0 saturated carbocycles. The molecule has 19 heavy (non-hydrogen) atoms. The van der Waals surface area contributed by atoms with Crippen molar-refractivity contribution in [3.05, 3.63) is 65.1 Å². The van der Waals surface area contributed by atoms with E-state index in [1.807, 2.05) is 36.4 Å². The second kappa shape index (κ2) is 4.86. The highest BCUT2D eigenvalue weighted by Crippen LogP contribution is 2.21. The van der Waals surface area contributed by atoms with Gasteiger partial charge in [-0.25, -0.2) is 4.98 Å². The maximum absolute atomic E-state index is 5.96. The molecule has 2 heterocycles. The first kappa shape index (κ1) is 11.9. The molecule has 94 valence electrons. The maximum Gasteiger partial charge on any atom is 0.133 e. The summed E-state index contributed by atoms with van der Waals surface area (Å²) in [6, 6.07) is 11.7. The van der Waals surface area contributed by atoms with Gasteiger partial charge in [-0.1, -0.05) is 23.7 Å². The van der Waals surface area contributed by atoms with E-state index in [4.69, 9.17) is 17.3 Å². The molecule has 0 spiro atoms. The fraction of sp³-hybridized carbons (Fsp3) is 0.0667. The van der Waals surface area contributed by atoms with Gasteiger partial charge < -0.3 is 5.73 Å². The van der Waals surface area contributed by atoms with E-state index in [0.717, 1.165) is 33.5 Å². The van der Waals surface area contributed by atoms with Crippen molar-refractivity contribution in [1.82, 2.24) is 9.97 Å². The fourth-order valence-corrected chi connectivity index (χ4v) is 2.20. The van der Waals surface area contributed by atoms with Gasteiger partial charge in [-0.3, -0.25) is 4.98 Å². The zero-order valence-corrected chi connectivity index (χ0v) is 10.9. The smallest absolute Gasteiger partial charge is 0.133 e. The molecule has 4 heteroatoms. The Kier molecular flexibility index (Phi) is 3.05. The summed E-state index contributed by atoms with van der Waals surface area (Å²) in [5.74, 6) is 0.523. The summed E-state index contributed by atoms with van der Waals surface area (Å²) in [5, 5.41) is 2.69. The third-order valence-electron chi connectivity index (χ3n) is 3.02. The number of benzene rings is 1. The molecule has 2 N–H and O–H groups in total. The highest BCUT2D eigenvalue weighted by molar-refractivity contribution is 6.30. The van der Waals surface area contributed by atoms with Gasteiger partial charge in [0.1, 0.15) is 5.82 Å². The molecule has 0 bridgehead atoms. The topological polar surface area (TPSA) is 51.8 Å². The van der Waals surface area contributed by atoms with Crippen molar-refractivity contribution in [2.24, 2.45) is 0 Å². The van der Waals surface area contributed by atoms with Crippen molar-refractivity contribution in [3.63, 3.8) is 0 Å². The third kappa shape index (κ3) is 2.51. The standard InChI is InChI=1S/C15H12ClN3/c16-12-3-1-10(2-4-12)7-13-8-11-5-6-18-9-14(11)15(17)19-13/h1-6,8-9H,7H2,(H2,17,19). The Balaban J connectivity index is 1.99. The number of nitrogens with two attached hydrogens (primary N) is 1.